The van der Waals surface area contributed by atoms with Crippen LogP contribution in [0.3, 0.4) is 0 Å². The number of hydrogen-bond acceptors (Lipinski definition) is 6. The van der Waals surface area contributed by atoms with Crippen molar-refractivity contribution >= 4 is 29.1 Å². The van der Waals surface area contributed by atoms with Gasteiger partial charge in [-0.25, -0.2) is 9.78 Å². The Labute approximate surface area is 168 Å². The summed E-state index contributed by atoms with van der Waals surface area (Å²) in [6.45, 7) is 3.58. The van der Waals surface area contributed by atoms with Gasteiger partial charge in [0.05, 0.1) is 5.39 Å². The lowest BCUT2D eigenvalue weighted by molar-refractivity contribution is -0.139. The minimum atomic E-state index is -0.995. The largest absolute Gasteiger partial charge is 0.481 e. The van der Waals surface area contributed by atoms with E-state index in [-0.39, 0.29) is 12.9 Å². The summed E-state index contributed by atoms with van der Waals surface area (Å²) in [6, 6.07) is 13.8. The molecular formula is C21H25N3O5. The van der Waals surface area contributed by atoms with E-state index in [2.05, 4.69) is 27.4 Å². The number of carbonyl (C=O) groups excluding carboxylic acids is 2. The first-order valence-corrected chi connectivity index (χ1v) is 8.79. The van der Waals surface area contributed by atoms with Crippen LogP contribution < -0.4 is 10.5 Å². The molecule has 0 spiro atoms. The van der Waals surface area contributed by atoms with Gasteiger partial charge in [0.15, 0.2) is 18.7 Å². The molecule has 0 unspecified atom stereocenters. The Morgan fingerprint density at radius 3 is 2.38 bits per heavy atom. The Kier molecular flexibility index (Phi) is 9.76. The van der Waals surface area contributed by atoms with Crippen LogP contribution in [0.25, 0.3) is 11.0 Å². The molecule has 0 amide bonds. The summed E-state index contributed by atoms with van der Waals surface area (Å²) in [7, 11) is 1.50. The molecule has 3 N–H and O–H groups in total. The number of rotatable bonds is 6. The fourth-order valence-electron chi connectivity index (χ4n) is 2.48. The summed E-state index contributed by atoms with van der Waals surface area (Å²) < 4.78 is 7.44. The van der Waals surface area contributed by atoms with Crippen molar-refractivity contribution in [2.45, 2.75) is 20.4 Å². The average molecular weight is 399 g/mol. The molecule has 0 saturated heterocycles. The SMILES string of the molecule is CC(=O)C=O.CN.Cc1cc2c(OCC(=O)O)ccnc2n1Cc1ccccc1. The number of carboxylic acids is 1. The zero-order valence-electron chi connectivity index (χ0n) is 16.7. The number of carbonyl (C=O) groups is 3. The van der Waals surface area contributed by atoms with Gasteiger partial charge in [-0.3, -0.25) is 9.59 Å². The standard InChI is InChI=1S/C17H16N2O3.C3H4O2.CH5N/c1-12-9-14-15(22-11-16(20)21)7-8-18-17(14)19(12)10-13-5-3-2-4-6-13;1-3(5)2-4;1-2/h2-9H,10-11H2,1H3,(H,20,21);2H,1H3;2H2,1H3. The van der Waals surface area contributed by atoms with E-state index in [9.17, 15) is 9.59 Å². The van der Waals surface area contributed by atoms with Gasteiger partial charge in [0.2, 0.25) is 0 Å². The normalized spacial score (nSPS) is 9.52. The molecule has 0 saturated carbocycles. The lowest BCUT2D eigenvalue weighted by Crippen LogP contribution is -2.09. The van der Waals surface area contributed by atoms with Gasteiger partial charge in [-0.05, 0) is 31.7 Å². The molecule has 8 nitrogen and oxygen atoms in total. The molecule has 3 aromatic rings. The smallest absolute Gasteiger partial charge is 0.341 e. The van der Waals surface area contributed by atoms with E-state index in [0.29, 0.717) is 12.3 Å². The highest BCUT2D eigenvalue weighted by Gasteiger charge is 2.12. The summed E-state index contributed by atoms with van der Waals surface area (Å²) in [5.74, 6) is -0.877. The van der Waals surface area contributed by atoms with Crippen LogP contribution in [-0.4, -0.2) is 46.4 Å². The molecule has 0 atom stereocenters. The van der Waals surface area contributed by atoms with E-state index in [1.807, 2.05) is 31.2 Å². The number of ketones is 1. The van der Waals surface area contributed by atoms with Gasteiger partial charge in [0, 0.05) is 25.4 Å². The maximum atomic E-state index is 10.7. The maximum absolute atomic E-state index is 10.7. The predicted molar refractivity (Wildman–Crippen MR) is 110 cm³/mol. The number of carboxylic acid groups (broad SMARTS) is 1. The van der Waals surface area contributed by atoms with Gasteiger partial charge in [0.1, 0.15) is 11.4 Å². The van der Waals surface area contributed by atoms with Gasteiger partial charge >= 0.3 is 5.97 Å². The van der Waals surface area contributed by atoms with E-state index in [1.165, 1.54) is 19.5 Å². The lowest BCUT2D eigenvalue weighted by Gasteiger charge is -2.08. The number of aliphatic carboxylic acids is 1. The van der Waals surface area contributed by atoms with Crippen LogP contribution in [0.15, 0.2) is 48.7 Å². The number of aldehydes is 1. The first kappa shape index (κ1) is 23.5. The van der Waals surface area contributed by atoms with E-state index < -0.39 is 11.8 Å². The zero-order valence-corrected chi connectivity index (χ0v) is 16.7. The first-order chi connectivity index (χ1) is 13.9. The number of benzene rings is 1. The summed E-state index contributed by atoms with van der Waals surface area (Å²) in [4.78, 5) is 33.7. The molecule has 0 aliphatic rings. The topological polar surface area (TPSA) is 125 Å². The second-order valence-electron chi connectivity index (χ2n) is 5.81. The van der Waals surface area contributed by atoms with E-state index in [0.717, 1.165) is 16.7 Å². The Morgan fingerprint density at radius 2 is 1.83 bits per heavy atom. The van der Waals surface area contributed by atoms with Crippen LogP contribution >= 0.6 is 0 Å². The van der Waals surface area contributed by atoms with E-state index >= 15 is 0 Å². The monoisotopic (exact) mass is 399 g/mol. The van der Waals surface area contributed by atoms with Gasteiger partial charge in [-0.1, -0.05) is 30.3 Å². The molecule has 2 aromatic heterocycles. The molecule has 0 bridgehead atoms. The molecule has 0 aliphatic heterocycles. The molecule has 0 fully saturated rings. The van der Waals surface area contributed by atoms with Crippen molar-refractivity contribution in [2.75, 3.05) is 13.7 Å². The van der Waals surface area contributed by atoms with Crippen molar-refractivity contribution in [1.82, 2.24) is 9.55 Å². The molecule has 0 radical (unpaired) electrons. The summed E-state index contributed by atoms with van der Waals surface area (Å²) in [5, 5.41) is 9.59. The molecule has 8 heteroatoms. The fraction of sp³-hybridized carbons (Fsp3) is 0.238. The van der Waals surface area contributed by atoms with Crippen LogP contribution in [0, 0.1) is 6.92 Å². The predicted octanol–water partition coefficient (Wildman–Crippen LogP) is 2.21. The number of fused-ring (bicyclic) bond motifs is 1. The molecule has 3 rings (SSSR count). The number of aromatic nitrogens is 2. The Bertz CT molecular complexity index is 952. The molecule has 1 aromatic carbocycles. The van der Waals surface area contributed by atoms with Crippen molar-refractivity contribution in [2.24, 2.45) is 5.73 Å². The van der Waals surface area contributed by atoms with Crippen LogP contribution in [0.2, 0.25) is 0 Å². The average Bonchev–Trinajstić information content (AvgIpc) is 3.05. The fourth-order valence-corrected chi connectivity index (χ4v) is 2.48. The van der Waals surface area contributed by atoms with Crippen LogP contribution in [0.1, 0.15) is 18.2 Å². The Morgan fingerprint density at radius 1 is 1.21 bits per heavy atom. The summed E-state index contributed by atoms with van der Waals surface area (Å²) in [5.41, 5.74) is 7.53. The zero-order chi connectivity index (χ0) is 21.8. The molecule has 0 aliphatic carbocycles. The number of ether oxygens (including phenoxy) is 1. The number of nitrogens with zero attached hydrogens (tertiary/aromatic N) is 2. The van der Waals surface area contributed by atoms with Crippen LogP contribution in [-0.2, 0) is 20.9 Å². The van der Waals surface area contributed by atoms with Crippen molar-refractivity contribution in [3.05, 3.63) is 59.9 Å². The Hall–Kier alpha value is -3.52. The van der Waals surface area contributed by atoms with Crippen molar-refractivity contribution in [3.63, 3.8) is 0 Å². The van der Waals surface area contributed by atoms with Crippen LogP contribution in [0.5, 0.6) is 5.75 Å². The number of aryl methyl sites for hydroxylation is 1. The molecule has 154 valence electrons. The minimum Gasteiger partial charge on any atom is -0.481 e. The third-order valence-corrected chi connectivity index (χ3v) is 3.66. The second-order valence-corrected chi connectivity index (χ2v) is 5.81. The number of Topliss-reactive ketones (excluding diaryl/α,β-unsaturated/α-hetero) is 1. The Balaban J connectivity index is 0.000000527. The van der Waals surface area contributed by atoms with E-state index in [1.54, 1.807) is 12.3 Å². The maximum Gasteiger partial charge on any atom is 0.341 e. The highest BCUT2D eigenvalue weighted by molar-refractivity contribution is 6.23. The quantitative estimate of drug-likeness (QED) is 0.481. The van der Waals surface area contributed by atoms with Gasteiger partial charge < -0.3 is 20.1 Å². The number of nitrogens with two attached hydrogens (primary N) is 1. The third kappa shape index (κ3) is 7.19. The molecular weight excluding hydrogens is 374 g/mol. The van der Waals surface area contributed by atoms with Crippen molar-refractivity contribution < 1.29 is 24.2 Å². The lowest BCUT2D eigenvalue weighted by atomic mass is 10.2. The van der Waals surface area contributed by atoms with E-state index in [4.69, 9.17) is 14.6 Å². The van der Waals surface area contributed by atoms with Crippen LogP contribution in [0.4, 0.5) is 0 Å². The summed E-state index contributed by atoms with van der Waals surface area (Å²) in [6.07, 6.45) is 1.92. The second kappa shape index (κ2) is 12.0. The van der Waals surface area contributed by atoms with Crippen molar-refractivity contribution in [3.8, 4) is 5.75 Å². The third-order valence-electron chi connectivity index (χ3n) is 3.66. The first-order valence-electron chi connectivity index (χ1n) is 8.79. The summed E-state index contributed by atoms with van der Waals surface area (Å²) >= 11 is 0. The highest BCUT2D eigenvalue weighted by Crippen LogP contribution is 2.27. The van der Waals surface area contributed by atoms with Gasteiger partial charge in [-0.2, -0.15) is 0 Å². The highest BCUT2D eigenvalue weighted by atomic mass is 16.5. The number of hydrogen-bond donors (Lipinski definition) is 2. The number of pyridine rings is 1. The van der Waals surface area contributed by atoms with Gasteiger partial charge in [0.25, 0.3) is 0 Å². The molecule has 2 heterocycles. The molecule has 29 heavy (non-hydrogen) atoms. The minimum absolute atomic E-state index is 0.278. The van der Waals surface area contributed by atoms with Gasteiger partial charge in [-0.15, -0.1) is 0 Å². The van der Waals surface area contributed by atoms with Crippen molar-refractivity contribution in [1.29, 1.82) is 0 Å².